The number of thiophene rings is 1. The quantitative estimate of drug-likeness (QED) is 0.867. The van der Waals surface area contributed by atoms with Crippen molar-refractivity contribution in [3.05, 3.63) is 39.4 Å². The van der Waals surface area contributed by atoms with Gasteiger partial charge in [0.25, 0.3) is 5.91 Å². The molecule has 0 aromatic carbocycles. The van der Waals surface area contributed by atoms with E-state index in [0.717, 1.165) is 69.7 Å². The fourth-order valence-electron chi connectivity index (χ4n) is 3.45. The molecule has 3 heterocycles. The topological polar surface area (TPSA) is 49.6 Å². The van der Waals surface area contributed by atoms with Gasteiger partial charge in [-0.25, -0.2) is 0 Å². The number of rotatable bonds is 3. The van der Waals surface area contributed by atoms with E-state index in [0.29, 0.717) is 5.69 Å². The number of hydrogen-bond donors (Lipinski definition) is 0. The number of piperazine rings is 1. The number of fused-ring (bicyclic) bond motifs is 1. The van der Waals surface area contributed by atoms with Crippen molar-refractivity contribution in [1.82, 2.24) is 15.0 Å². The Labute approximate surface area is 139 Å². The average molecular weight is 331 g/mol. The van der Waals surface area contributed by atoms with E-state index in [2.05, 4.69) is 26.9 Å². The molecule has 0 bridgehead atoms. The molecule has 0 N–H and O–H groups in total. The predicted octanol–water partition coefficient (Wildman–Crippen LogP) is 2.57. The van der Waals surface area contributed by atoms with Crippen LogP contribution in [0.1, 0.15) is 40.2 Å². The first-order valence-electron chi connectivity index (χ1n) is 8.31. The molecule has 0 saturated carbocycles. The molecule has 2 aromatic rings. The Morgan fingerprint density at radius 3 is 2.83 bits per heavy atom. The highest BCUT2D eigenvalue weighted by Gasteiger charge is 2.29. The first-order valence-corrected chi connectivity index (χ1v) is 9.25. The molecule has 1 fully saturated rings. The van der Waals surface area contributed by atoms with Crippen LogP contribution in [0.4, 0.5) is 0 Å². The normalized spacial score (nSPS) is 18.9. The number of carbonyl (C=O) groups is 1. The van der Waals surface area contributed by atoms with Crippen molar-refractivity contribution in [2.75, 3.05) is 26.2 Å². The summed E-state index contributed by atoms with van der Waals surface area (Å²) in [6.07, 6.45) is 4.11. The Kier molecular flexibility index (Phi) is 4.18. The lowest BCUT2D eigenvalue weighted by Crippen LogP contribution is -2.48. The molecule has 4 rings (SSSR count). The first-order chi connectivity index (χ1) is 11.3. The van der Waals surface area contributed by atoms with Gasteiger partial charge in [0.2, 0.25) is 0 Å². The van der Waals surface area contributed by atoms with Gasteiger partial charge in [-0.05, 0) is 41.7 Å². The predicted molar refractivity (Wildman–Crippen MR) is 88.6 cm³/mol. The van der Waals surface area contributed by atoms with Crippen LogP contribution in [-0.2, 0) is 19.4 Å². The van der Waals surface area contributed by atoms with E-state index in [-0.39, 0.29) is 5.91 Å². The average Bonchev–Trinajstić information content (AvgIpc) is 3.24. The van der Waals surface area contributed by atoms with E-state index in [4.69, 9.17) is 4.52 Å². The zero-order valence-electron chi connectivity index (χ0n) is 13.2. The zero-order valence-corrected chi connectivity index (χ0v) is 14.0. The summed E-state index contributed by atoms with van der Waals surface area (Å²) in [6.45, 7) is 4.35. The van der Waals surface area contributed by atoms with Gasteiger partial charge < -0.3 is 9.42 Å². The summed E-state index contributed by atoms with van der Waals surface area (Å²) in [4.78, 5) is 17.1. The molecule has 1 aliphatic heterocycles. The van der Waals surface area contributed by atoms with Crippen LogP contribution in [0.5, 0.6) is 0 Å². The largest absolute Gasteiger partial charge is 0.360 e. The van der Waals surface area contributed by atoms with E-state index in [1.54, 1.807) is 11.3 Å². The second-order valence-electron chi connectivity index (χ2n) is 6.34. The molecule has 5 nitrogen and oxygen atoms in total. The van der Waals surface area contributed by atoms with Gasteiger partial charge >= 0.3 is 0 Å². The maximum absolute atomic E-state index is 12.7. The van der Waals surface area contributed by atoms with Crippen molar-refractivity contribution < 1.29 is 9.32 Å². The molecule has 6 heteroatoms. The molecule has 2 aromatic heterocycles. The Morgan fingerprint density at radius 2 is 2.04 bits per heavy atom. The summed E-state index contributed by atoms with van der Waals surface area (Å²) in [5.41, 5.74) is 2.98. The summed E-state index contributed by atoms with van der Waals surface area (Å²) in [5.74, 6) is 0.975. The molecule has 0 atom stereocenters. The highest BCUT2D eigenvalue weighted by Crippen LogP contribution is 2.25. The third-order valence-corrected chi connectivity index (χ3v) is 5.53. The first kappa shape index (κ1) is 14.9. The molecule has 122 valence electrons. The monoisotopic (exact) mass is 331 g/mol. The van der Waals surface area contributed by atoms with Gasteiger partial charge in [0.1, 0.15) is 5.76 Å². The van der Waals surface area contributed by atoms with Crippen molar-refractivity contribution >= 4 is 17.2 Å². The lowest BCUT2D eigenvalue weighted by Gasteiger charge is -2.34. The summed E-state index contributed by atoms with van der Waals surface area (Å²) >= 11 is 1.74. The Bertz CT molecular complexity index is 672. The SMILES string of the molecule is O=C(c1noc2c1CCCC2)N1CCN(Cc2ccsc2)CC1. The molecular weight excluding hydrogens is 310 g/mol. The van der Waals surface area contributed by atoms with Crippen LogP contribution in [0, 0.1) is 0 Å². The molecule has 1 amide bonds. The van der Waals surface area contributed by atoms with Crippen molar-refractivity contribution in [1.29, 1.82) is 0 Å². The van der Waals surface area contributed by atoms with Crippen molar-refractivity contribution in [3.63, 3.8) is 0 Å². The van der Waals surface area contributed by atoms with Crippen LogP contribution in [0.2, 0.25) is 0 Å². The fraction of sp³-hybridized carbons (Fsp3) is 0.529. The maximum atomic E-state index is 12.7. The van der Waals surface area contributed by atoms with Crippen LogP contribution >= 0.6 is 11.3 Å². The lowest BCUT2D eigenvalue weighted by molar-refractivity contribution is 0.0617. The maximum Gasteiger partial charge on any atom is 0.276 e. The van der Waals surface area contributed by atoms with Crippen molar-refractivity contribution in [2.45, 2.75) is 32.2 Å². The molecule has 0 radical (unpaired) electrons. The summed E-state index contributed by atoms with van der Waals surface area (Å²) < 4.78 is 5.38. The van der Waals surface area contributed by atoms with E-state index in [1.165, 1.54) is 5.56 Å². The Hall–Kier alpha value is -1.66. The Balaban J connectivity index is 1.38. The van der Waals surface area contributed by atoms with Gasteiger partial charge in [0.05, 0.1) is 0 Å². The van der Waals surface area contributed by atoms with Gasteiger partial charge in [-0.3, -0.25) is 9.69 Å². The Morgan fingerprint density at radius 1 is 1.22 bits per heavy atom. The van der Waals surface area contributed by atoms with Crippen molar-refractivity contribution in [3.8, 4) is 0 Å². The highest BCUT2D eigenvalue weighted by molar-refractivity contribution is 7.07. The molecule has 0 spiro atoms. The van der Waals surface area contributed by atoms with Gasteiger partial charge in [-0.1, -0.05) is 5.16 Å². The van der Waals surface area contributed by atoms with E-state index in [9.17, 15) is 4.79 Å². The minimum Gasteiger partial charge on any atom is -0.360 e. The zero-order chi connectivity index (χ0) is 15.6. The minimum absolute atomic E-state index is 0.0482. The second-order valence-corrected chi connectivity index (χ2v) is 7.12. The van der Waals surface area contributed by atoms with Crippen LogP contribution in [0.3, 0.4) is 0 Å². The van der Waals surface area contributed by atoms with Crippen LogP contribution in [0.15, 0.2) is 21.3 Å². The van der Waals surface area contributed by atoms with Crippen LogP contribution in [0.25, 0.3) is 0 Å². The lowest BCUT2D eigenvalue weighted by atomic mass is 9.96. The molecule has 0 unspecified atom stereocenters. The van der Waals surface area contributed by atoms with Gasteiger partial charge in [0.15, 0.2) is 5.69 Å². The summed E-state index contributed by atoms with van der Waals surface area (Å²) in [7, 11) is 0. The third-order valence-electron chi connectivity index (χ3n) is 4.80. The number of carbonyl (C=O) groups excluding carboxylic acids is 1. The molecular formula is C17H21N3O2S. The minimum atomic E-state index is 0.0482. The van der Waals surface area contributed by atoms with E-state index < -0.39 is 0 Å². The molecule has 1 aliphatic carbocycles. The number of aryl methyl sites for hydroxylation is 1. The number of aromatic nitrogens is 1. The third kappa shape index (κ3) is 3.05. The highest BCUT2D eigenvalue weighted by atomic mass is 32.1. The molecule has 2 aliphatic rings. The summed E-state index contributed by atoms with van der Waals surface area (Å²) in [6, 6.07) is 2.17. The van der Waals surface area contributed by atoms with E-state index in [1.807, 2.05) is 4.90 Å². The van der Waals surface area contributed by atoms with Crippen molar-refractivity contribution in [2.24, 2.45) is 0 Å². The fourth-order valence-corrected chi connectivity index (χ4v) is 4.11. The number of nitrogens with zero attached hydrogens (tertiary/aromatic N) is 3. The smallest absolute Gasteiger partial charge is 0.276 e. The van der Waals surface area contributed by atoms with E-state index >= 15 is 0 Å². The van der Waals surface area contributed by atoms with Gasteiger partial charge in [-0.15, -0.1) is 0 Å². The number of amides is 1. The molecule has 23 heavy (non-hydrogen) atoms. The second kappa shape index (κ2) is 6.45. The van der Waals surface area contributed by atoms with Crippen LogP contribution < -0.4 is 0 Å². The standard InChI is InChI=1S/C17H21N3O2S/c21-17(16-14-3-1-2-4-15(14)22-18-16)20-8-6-19(7-9-20)11-13-5-10-23-12-13/h5,10,12H,1-4,6-9,11H2. The summed E-state index contributed by atoms with van der Waals surface area (Å²) in [5, 5.41) is 8.38. The van der Waals surface area contributed by atoms with Gasteiger partial charge in [-0.2, -0.15) is 11.3 Å². The molecule has 1 saturated heterocycles. The van der Waals surface area contributed by atoms with Gasteiger partial charge in [0, 0.05) is 44.7 Å². The number of hydrogen-bond acceptors (Lipinski definition) is 5. The van der Waals surface area contributed by atoms with Crippen LogP contribution in [-0.4, -0.2) is 47.0 Å².